The number of piperazine rings is 1. The first-order chi connectivity index (χ1) is 9.22. The fourth-order valence-electron chi connectivity index (χ4n) is 2.97. The van der Waals surface area contributed by atoms with E-state index in [-0.39, 0.29) is 11.9 Å². The Labute approximate surface area is 112 Å². The Morgan fingerprint density at radius 1 is 1.32 bits per heavy atom. The molecule has 1 atom stereocenters. The number of fused-ring (bicyclic) bond motifs is 1. The van der Waals surface area contributed by atoms with Gasteiger partial charge in [0.15, 0.2) is 0 Å². The Kier molecular flexibility index (Phi) is 3.16. The number of hydrogen-bond acceptors (Lipinski definition) is 4. The van der Waals surface area contributed by atoms with Crippen LogP contribution in [0.2, 0.25) is 0 Å². The predicted molar refractivity (Wildman–Crippen MR) is 73.5 cm³/mol. The van der Waals surface area contributed by atoms with Crippen LogP contribution in [0.5, 0.6) is 5.75 Å². The van der Waals surface area contributed by atoms with Gasteiger partial charge in [0, 0.05) is 31.7 Å². The molecule has 2 heterocycles. The molecule has 102 valence electrons. The van der Waals surface area contributed by atoms with E-state index < -0.39 is 0 Å². The van der Waals surface area contributed by atoms with Crippen LogP contribution in [0.3, 0.4) is 0 Å². The van der Waals surface area contributed by atoms with E-state index in [0.717, 1.165) is 48.7 Å². The van der Waals surface area contributed by atoms with Gasteiger partial charge in [-0.2, -0.15) is 0 Å². The molecule has 1 aromatic carbocycles. The summed E-state index contributed by atoms with van der Waals surface area (Å²) in [6, 6.07) is 3.76. The topological polar surface area (TPSA) is 53.6 Å². The number of methoxy groups -OCH3 is 1. The summed E-state index contributed by atoms with van der Waals surface area (Å²) in [5.41, 5.74) is 3.06. The SMILES string of the molecule is COc1ccc(C)c2c1NC(=O)C2N1CCNCC1. The first-order valence-corrected chi connectivity index (χ1v) is 6.65. The number of nitrogens with one attached hydrogen (secondary N) is 2. The lowest BCUT2D eigenvalue weighted by atomic mass is 10.00. The van der Waals surface area contributed by atoms with Crippen LogP contribution in [0.15, 0.2) is 12.1 Å². The third kappa shape index (κ3) is 1.99. The second kappa shape index (κ2) is 4.83. The zero-order valence-electron chi connectivity index (χ0n) is 11.3. The van der Waals surface area contributed by atoms with Crippen molar-refractivity contribution in [2.45, 2.75) is 13.0 Å². The summed E-state index contributed by atoms with van der Waals surface area (Å²) in [4.78, 5) is 14.6. The van der Waals surface area contributed by atoms with Crippen LogP contribution in [0.1, 0.15) is 17.2 Å². The van der Waals surface area contributed by atoms with Gasteiger partial charge in [-0.05, 0) is 18.6 Å². The lowest BCUT2D eigenvalue weighted by molar-refractivity contribution is -0.121. The Balaban J connectivity index is 2.03. The Morgan fingerprint density at radius 2 is 2.05 bits per heavy atom. The lowest BCUT2D eigenvalue weighted by Crippen LogP contribution is -2.46. The van der Waals surface area contributed by atoms with E-state index in [0.29, 0.717) is 0 Å². The van der Waals surface area contributed by atoms with E-state index in [2.05, 4.69) is 15.5 Å². The second-order valence-corrected chi connectivity index (χ2v) is 5.05. The van der Waals surface area contributed by atoms with Crippen molar-refractivity contribution in [2.24, 2.45) is 0 Å². The molecule has 0 bridgehead atoms. The van der Waals surface area contributed by atoms with Crippen molar-refractivity contribution < 1.29 is 9.53 Å². The van der Waals surface area contributed by atoms with Gasteiger partial charge in [-0.3, -0.25) is 9.69 Å². The average Bonchev–Trinajstić information content (AvgIpc) is 2.78. The number of ether oxygens (including phenoxy) is 1. The van der Waals surface area contributed by atoms with Gasteiger partial charge in [-0.1, -0.05) is 6.07 Å². The van der Waals surface area contributed by atoms with E-state index in [1.807, 2.05) is 19.1 Å². The number of aryl methyl sites for hydroxylation is 1. The van der Waals surface area contributed by atoms with Crippen LogP contribution in [0.4, 0.5) is 5.69 Å². The largest absolute Gasteiger partial charge is 0.495 e. The molecular formula is C14H19N3O2. The van der Waals surface area contributed by atoms with E-state index in [1.54, 1.807) is 7.11 Å². The standard InChI is InChI=1S/C14H19N3O2/c1-9-3-4-10(19-2)12-11(9)13(14(18)16-12)17-7-5-15-6-8-17/h3-4,13,15H,5-8H2,1-2H3,(H,16,18). The van der Waals surface area contributed by atoms with Crippen molar-refractivity contribution >= 4 is 11.6 Å². The van der Waals surface area contributed by atoms with Gasteiger partial charge in [0.25, 0.3) is 0 Å². The molecule has 0 spiro atoms. The molecule has 0 aliphatic carbocycles. The first-order valence-electron chi connectivity index (χ1n) is 6.65. The maximum Gasteiger partial charge on any atom is 0.246 e. The highest BCUT2D eigenvalue weighted by Gasteiger charge is 2.38. The molecule has 1 unspecified atom stereocenters. The minimum absolute atomic E-state index is 0.0597. The average molecular weight is 261 g/mol. The summed E-state index contributed by atoms with van der Waals surface area (Å²) in [6.45, 7) is 5.71. The van der Waals surface area contributed by atoms with Crippen molar-refractivity contribution in [1.29, 1.82) is 0 Å². The molecule has 1 fully saturated rings. The van der Waals surface area contributed by atoms with E-state index in [4.69, 9.17) is 4.74 Å². The monoisotopic (exact) mass is 261 g/mol. The Bertz CT molecular complexity index is 510. The van der Waals surface area contributed by atoms with Crippen LogP contribution >= 0.6 is 0 Å². The van der Waals surface area contributed by atoms with E-state index >= 15 is 0 Å². The number of benzene rings is 1. The quantitative estimate of drug-likeness (QED) is 0.830. The van der Waals surface area contributed by atoms with Crippen LogP contribution in [-0.4, -0.2) is 44.1 Å². The molecule has 0 aromatic heterocycles. The van der Waals surface area contributed by atoms with E-state index in [1.165, 1.54) is 0 Å². The predicted octanol–water partition coefficient (Wildman–Crippen LogP) is 0.902. The summed E-state index contributed by atoms with van der Waals surface area (Å²) >= 11 is 0. The summed E-state index contributed by atoms with van der Waals surface area (Å²) in [7, 11) is 1.63. The number of amides is 1. The normalized spacial score (nSPS) is 23.1. The molecular weight excluding hydrogens is 242 g/mol. The summed E-state index contributed by atoms with van der Waals surface area (Å²) in [5.74, 6) is 0.802. The molecule has 19 heavy (non-hydrogen) atoms. The highest BCUT2D eigenvalue weighted by molar-refractivity contribution is 6.04. The molecule has 0 radical (unpaired) electrons. The van der Waals surface area contributed by atoms with Gasteiger partial charge in [0.1, 0.15) is 11.8 Å². The molecule has 1 saturated heterocycles. The van der Waals surface area contributed by atoms with Crippen molar-refractivity contribution in [3.63, 3.8) is 0 Å². The Hall–Kier alpha value is -1.59. The Morgan fingerprint density at radius 3 is 2.74 bits per heavy atom. The zero-order chi connectivity index (χ0) is 13.4. The number of carbonyl (C=O) groups is 1. The van der Waals surface area contributed by atoms with Crippen LogP contribution in [-0.2, 0) is 4.79 Å². The molecule has 2 N–H and O–H groups in total. The number of rotatable bonds is 2. The smallest absolute Gasteiger partial charge is 0.246 e. The maximum atomic E-state index is 12.3. The lowest BCUT2D eigenvalue weighted by Gasteiger charge is -2.32. The summed E-state index contributed by atoms with van der Waals surface area (Å²) < 4.78 is 5.35. The minimum atomic E-state index is -0.174. The maximum absolute atomic E-state index is 12.3. The van der Waals surface area contributed by atoms with Crippen molar-refractivity contribution in [1.82, 2.24) is 10.2 Å². The number of carbonyl (C=O) groups excluding carboxylic acids is 1. The molecule has 5 nitrogen and oxygen atoms in total. The fraction of sp³-hybridized carbons (Fsp3) is 0.500. The molecule has 3 rings (SSSR count). The molecule has 5 heteroatoms. The first kappa shape index (κ1) is 12.4. The van der Waals surface area contributed by atoms with E-state index in [9.17, 15) is 4.79 Å². The van der Waals surface area contributed by atoms with Gasteiger partial charge in [-0.15, -0.1) is 0 Å². The zero-order valence-corrected chi connectivity index (χ0v) is 11.3. The van der Waals surface area contributed by atoms with Crippen molar-refractivity contribution in [3.8, 4) is 5.75 Å². The highest BCUT2D eigenvalue weighted by Crippen LogP contribution is 2.42. The van der Waals surface area contributed by atoms with Gasteiger partial charge < -0.3 is 15.4 Å². The number of hydrogen-bond donors (Lipinski definition) is 2. The molecule has 2 aliphatic rings. The van der Waals surface area contributed by atoms with Gasteiger partial charge in [-0.25, -0.2) is 0 Å². The summed E-state index contributed by atoms with van der Waals surface area (Å²) in [5, 5.41) is 6.30. The van der Waals surface area contributed by atoms with Crippen LogP contribution in [0.25, 0.3) is 0 Å². The second-order valence-electron chi connectivity index (χ2n) is 5.05. The molecule has 2 aliphatic heterocycles. The van der Waals surface area contributed by atoms with Gasteiger partial charge >= 0.3 is 0 Å². The molecule has 1 aromatic rings. The third-order valence-electron chi connectivity index (χ3n) is 3.93. The fourth-order valence-corrected chi connectivity index (χ4v) is 2.97. The number of nitrogens with zero attached hydrogens (tertiary/aromatic N) is 1. The molecule has 1 amide bonds. The van der Waals surface area contributed by atoms with Crippen molar-refractivity contribution in [3.05, 3.63) is 23.3 Å². The van der Waals surface area contributed by atoms with Crippen LogP contribution < -0.4 is 15.4 Å². The van der Waals surface area contributed by atoms with Crippen molar-refractivity contribution in [2.75, 3.05) is 38.6 Å². The highest BCUT2D eigenvalue weighted by atomic mass is 16.5. The van der Waals surface area contributed by atoms with Crippen LogP contribution in [0, 0.1) is 6.92 Å². The van der Waals surface area contributed by atoms with Gasteiger partial charge in [0.05, 0.1) is 12.8 Å². The third-order valence-corrected chi connectivity index (χ3v) is 3.93. The molecule has 0 saturated carbocycles. The minimum Gasteiger partial charge on any atom is -0.495 e. The number of anilines is 1. The summed E-state index contributed by atoms with van der Waals surface area (Å²) in [6.07, 6.45) is 0. The van der Waals surface area contributed by atoms with Gasteiger partial charge in [0.2, 0.25) is 5.91 Å².